The minimum absolute atomic E-state index is 0.619. The fourth-order valence-electron chi connectivity index (χ4n) is 1.78. The average molecular weight is 253 g/mol. The van der Waals surface area contributed by atoms with Crippen molar-refractivity contribution in [2.24, 2.45) is 0 Å². The molecule has 0 aliphatic carbocycles. The molecule has 2 aromatic rings. The van der Waals surface area contributed by atoms with E-state index in [2.05, 4.69) is 26.7 Å². The third kappa shape index (κ3) is 2.63. The lowest BCUT2D eigenvalue weighted by atomic mass is 10.1. The zero-order valence-corrected chi connectivity index (χ0v) is 11.2. The monoisotopic (exact) mass is 253 g/mol. The normalized spacial score (nSPS) is 9.79. The van der Waals surface area contributed by atoms with Gasteiger partial charge in [-0.05, 0) is 31.5 Å². The molecular weight excluding hydrogens is 238 g/mol. The largest absolute Gasteiger partial charge is 0.373 e. The van der Waals surface area contributed by atoms with E-state index in [-0.39, 0.29) is 0 Å². The lowest BCUT2D eigenvalue weighted by molar-refractivity contribution is 1.12. The van der Waals surface area contributed by atoms with Gasteiger partial charge in [-0.25, -0.2) is 9.97 Å². The maximum atomic E-state index is 8.94. The third-order valence-electron chi connectivity index (χ3n) is 2.94. The van der Waals surface area contributed by atoms with E-state index in [4.69, 9.17) is 5.26 Å². The average Bonchev–Trinajstić information content (AvgIpc) is 2.43. The molecule has 0 spiro atoms. The first-order valence-corrected chi connectivity index (χ1v) is 5.93. The molecule has 0 saturated heterocycles. The second kappa shape index (κ2) is 5.36. The topological polar surface area (TPSA) is 73.6 Å². The third-order valence-corrected chi connectivity index (χ3v) is 2.94. The van der Waals surface area contributed by atoms with Crippen LogP contribution in [0.5, 0.6) is 0 Å². The number of nitrogens with one attached hydrogen (secondary N) is 2. The van der Waals surface area contributed by atoms with E-state index in [9.17, 15) is 0 Å². The van der Waals surface area contributed by atoms with Crippen LogP contribution in [0.15, 0.2) is 24.5 Å². The Bertz CT molecular complexity index is 643. The van der Waals surface area contributed by atoms with Crippen molar-refractivity contribution in [3.63, 3.8) is 0 Å². The molecule has 1 aromatic heterocycles. The minimum atomic E-state index is 0.619. The summed E-state index contributed by atoms with van der Waals surface area (Å²) < 4.78 is 0. The zero-order chi connectivity index (χ0) is 13.8. The highest BCUT2D eigenvalue weighted by Gasteiger charge is 2.07. The van der Waals surface area contributed by atoms with Crippen LogP contribution in [0, 0.1) is 25.2 Å². The van der Waals surface area contributed by atoms with Gasteiger partial charge >= 0.3 is 0 Å². The van der Waals surface area contributed by atoms with Crippen LogP contribution in [0.25, 0.3) is 0 Å². The molecule has 5 heteroatoms. The van der Waals surface area contributed by atoms with Crippen molar-refractivity contribution in [2.75, 3.05) is 17.7 Å². The van der Waals surface area contributed by atoms with E-state index in [1.165, 1.54) is 6.33 Å². The molecule has 0 saturated carbocycles. The molecule has 2 N–H and O–H groups in total. The van der Waals surface area contributed by atoms with Gasteiger partial charge in [0.2, 0.25) is 0 Å². The number of nitrogens with zero attached hydrogens (tertiary/aromatic N) is 3. The van der Waals surface area contributed by atoms with Crippen molar-refractivity contribution in [2.45, 2.75) is 13.8 Å². The van der Waals surface area contributed by atoms with E-state index in [1.54, 1.807) is 6.07 Å². The molecule has 0 fully saturated rings. The van der Waals surface area contributed by atoms with Crippen LogP contribution in [0.4, 0.5) is 17.3 Å². The Balaban J connectivity index is 2.39. The van der Waals surface area contributed by atoms with E-state index < -0.39 is 0 Å². The highest BCUT2D eigenvalue weighted by atomic mass is 15.1. The number of anilines is 3. The molecule has 0 aliphatic heterocycles. The maximum Gasteiger partial charge on any atom is 0.138 e. The number of hydrogen-bond donors (Lipinski definition) is 2. The first-order chi connectivity index (χ1) is 9.15. The molecule has 0 bridgehead atoms. The molecule has 5 nitrogen and oxygen atoms in total. The smallest absolute Gasteiger partial charge is 0.138 e. The Labute approximate surface area is 112 Å². The van der Waals surface area contributed by atoms with Gasteiger partial charge in [0.1, 0.15) is 18.0 Å². The zero-order valence-electron chi connectivity index (χ0n) is 11.2. The second-order valence-corrected chi connectivity index (χ2v) is 4.21. The molecule has 0 atom stereocenters. The molecule has 96 valence electrons. The molecule has 1 aromatic carbocycles. The van der Waals surface area contributed by atoms with Gasteiger partial charge in [0.15, 0.2) is 0 Å². The fourth-order valence-corrected chi connectivity index (χ4v) is 1.78. The lowest BCUT2D eigenvalue weighted by Gasteiger charge is -2.13. The van der Waals surface area contributed by atoms with Gasteiger partial charge in [-0.15, -0.1) is 0 Å². The SMILES string of the molecule is CNc1ncnc(Nc2cc(C#N)ccc2C)c1C. The summed E-state index contributed by atoms with van der Waals surface area (Å²) in [6, 6.07) is 7.66. The minimum Gasteiger partial charge on any atom is -0.373 e. The van der Waals surface area contributed by atoms with Gasteiger partial charge in [-0.2, -0.15) is 5.26 Å². The van der Waals surface area contributed by atoms with Crippen molar-refractivity contribution >= 4 is 17.3 Å². The van der Waals surface area contributed by atoms with Gasteiger partial charge in [-0.1, -0.05) is 6.07 Å². The Hall–Kier alpha value is -2.61. The lowest BCUT2D eigenvalue weighted by Crippen LogP contribution is -2.03. The Morgan fingerprint density at radius 1 is 1.16 bits per heavy atom. The Morgan fingerprint density at radius 2 is 1.89 bits per heavy atom. The van der Waals surface area contributed by atoms with E-state index in [0.29, 0.717) is 5.56 Å². The maximum absolute atomic E-state index is 8.94. The van der Waals surface area contributed by atoms with Crippen molar-refractivity contribution < 1.29 is 0 Å². The molecule has 0 radical (unpaired) electrons. The first-order valence-electron chi connectivity index (χ1n) is 5.93. The summed E-state index contributed by atoms with van der Waals surface area (Å²) in [6.45, 7) is 3.93. The van der Waals surface area contributed by atoms with Gasteiger partial charge in [0.25, 0.3) is 0 Å². The number of nitriles is 1. The van der Waals surface area contributed by atoms with Crippen LogP contribution in [0.2, 0.25) is 0 Å². The number of hydrogen-bond acceptors (Lipinski definition) is 5. The molecule has 0 amide bonds. The molecule has 0 unspecified atom stereocenters. The number of aryl methyl sites for hydroxylation is 1. The Morgan fingerprint density at radius 3 is 2.58 bits per heavy atom. The summed E-state index contributed by atoms with van der Waals surface area (Å²) in [7, 11) is 1.82. The second-order valence-electron chi connectivity index (χ2n) is 4.21. The van der Waals surface area contributed by atoms with Gasteiger partial charge in [0.05, 0.1) is 11.6 Å². The highest BCUT2D eigenvalue weighted by Crippen LogP contribution is 2.24. The standard InChI is InChI=1S/C14H15N5/c1-9-4-5-11(7-15)6-12(9)19-14-10(2)13(16-3)17-8-18-14/h4-6,8H,1-3H3,(H2,16,17,18,19). The van der Waals surface area contributed by atoms with Crippen molar-refractivity contribution in [3.05, 3.63) is 41.2 Å². The Kier molecular flexibility index (Phi) is 3.62. The molecule has 0 aliphatic rings. The van der Waals surface area contributed by atoms with Crippen molar-refractivity contribution in [1.29, 1.82) is 5.26 Å². The van der Waals surface area contributed by atoms with Gasteiger partial charge in [0, 0.05) is 18.3 Å². The fraction of sp³-hybridized carbons (Fsp3) is 0.214. The number of rotatable bonds is 3. The van der Waals surface area contributed by atoms with Crippen molar-refractivity contribution in [3.8, 4) is 6.07 Å². The predicted molar refractivity (Wildman–Crippen MR) is 75.5 cm³/mol. The number of benzene rings is 1. The first kappa shape index (κ1) is 12.8. The molecule has 2 rings (SSSR count). The van der Waals surface area contributed by atoms with Crippen LogP contribution in [0.1, 0.15) is 16.7 Å². The summed E-state index contributed by atoms with van der Waals surface area (Å²) in [6.07, 6.45) is 1.50. The summed E-state index contributed by atoms with van der Waals surface area (Å²) in [5.41, 5.74) is 3.49. The summed E-state index contributed by atoms with van der Waals surface area (Å²) in [5, 5.41) is 15.2. The summed E-state index contributed by atoms with van der Waals surface area (Å²) in [4.78, 5) is 8.37. The van der Waals surface area contributed by atoms with Gasteiger partial charge < -0.3 is 10.6 Å². The molecule has 1 heterocycles. The molecule has 19 heavy (non-hydrogen) atoms. The highest BCUT2D eigenvalue weighted by molar-refractivity contribution is 5.67. The molecular formula is C14H15N5. The van der Waals surface area contributed by atoms with Crippen LogP contribution >= 0.6 is 0 Å². The van der Waals surface area contributed by atoms with Crippen LogP contribution in [0.3, 0.4) is 0 Å². The van der Waals surface area contributed by atoms with Gasteiger partial charge in [-0.3, -0.25) is 0 Å². The van der Waals surface area contributed by atoms with Crippen LogP contribution in [-0.2, 0) is 0 Å². The summed E-state index contributed by atoms with van der Waals surface area (Å²) >= 11 is 0. The van der Waals surface area contributed by atoms with Crippen molar-refractivity contribution in [1.82, 2.24) is 9.97 Å². The quantitative estimate of drug-likeness (QED) is 0.879. The number of aromatic nitrogens is 2. The van der Waals surface area contributed by atoms with E-state index in [0.717, 1.165) is 28.5 Å². The van der Waals surface area contributed by atoms with E-state index in [1.807, 2.05) is 33.0 Å². The van der Waals surface area contributed by atoms with E-state index >= 15 is 0 Å². The van der Waals surface area contributed by atoms with Crippen LogP contribution < -0.4 is 10.6 Å². The van der Waals surface area contributed by atoms with Crippen LogP contribution in [-0.4, -0.2) is 17.0 Å². The summed E-state index contributed by atoms with van der Waals surface area (Å²) in [5.74, 6) is 1.52. The predicted octanol–water partition coefficient (Wildman–Crippen LogP) is 2.75.